The maximum Gasteiger partial charge on any atom is 0.270 e. The van der Waals surface area contributed by atoms with Gasteiger partial charge in [0, 0.05) is 0 Å². The minimum atomic E-state index is -0.510. The summed E-state index contributed by atoms with van der Waals surface area (Å²) in [5.41, 5.74) is 1.32. The third-order valence-corrected chi connectivity index (χ3v) is 3.88. The van der Waals surface area contributed by atoms with E-state index in [1.165, 1.54) is 11.0 Å². The maximum absolute atomic E-state index is 12.8. The Kier molecular flexibility index (Phi) is 4.90. The second-order valence-corrected chi connectivity index (χ2v) is 5.69. The smallest absolute Gasteiger partial charge is 0.270 e. The number of para-hydroxylation sites is 1. The first kappa shape index (κ1) is 16.9. The molecule has 1 aliphatic rings. The van der Waals surface area contributed by atoms with E-state index in [2.05, 4.69) is 5.32 Å². The summed E-state index contributed by atoms with van der Waals surface area (Å²) in [6, 6.07) is 16.2. The molecular formula is C19H16N2O3S. The Morgan fingerprint density at radius 1 is 1.12 bits per heavy atom. The van der Waals surface area contributed by atoms with Gasteiger partial charge in [-0.1, -0.05) is 30.3 Å². The third-order valence-electron chi connectivity index (χ3n) is 3.60. The summed E-state index contributed by atoms with van der Waals surface area (Å²) in [6.07, 6.45) is 1.54. The van der Waals surface area contributed by atoms with Crippen LogP contribution in [0.2, 0.25) is 0 Å². The Labute approximate surface area is 150 Å². The number of ether oxygens (including phenoxy) is 1. The number of rotatable bonds is 4. The Balaban J connectivity index is 1.97. The zero-order valence-electron chi connectivity index (χ0n) is 13.6. The predicted molar refractivity (Wildman–Crippen MR) is 100 cm³/mol. The van der Waals surface area contributed by atoms with Gasteiger partial charge in [0.05, 0.1) is 12.3 Å². The molecule has 2 amide bonds. The molecule has 2 aromatic rings. The molecule has 0 atom stereocenters. The molecule has 3 rings (SSSR count). The summed E-state index contributed by atoms with van der Waals surface area (Å²) in [5.74, 6) is -0.290. The average molecular weight is 352 g/mol. The van der Waals surface area contributed by atoms with E-state index in [1.807, 2.05) is 25.1 Å². The van der Waals surface area contributed by atoms with E-state index in [0.717, 1.165) is 0 Å². The summed E-state index contributed by atoms with van der Waals surface area (Å²) in [7, 11) is 0. The molecule has 0 radical (unpaired) electrons. The lowest BCUT2D eigenvalue weighted by molar-refractivity contribution is -0.122. The standard InChI is InChI=1S/C19H16N2O3S/c1-2-24-15-10-6-7-13(11-15)12-16-17(22)20-19(25)21(18(16)23)14-8-4-3-5-9-14/h3-12H,2H2,1H3,(H,20,22,25)/b16-12-. The summed E-state index contributed by atoms with van der Waals surface area (Å²) in [6.45, 7) is 2.43. The largest absolute Gasteiger partial charge is 0.494 e. The molecule has 1 saturated heterocycles. The minimum absolute atomic E-state index is 0.0195. The SMILES string of the molecule is CCOc1cccc(/C=C2/C(=O)NC(=S)N(c3ccccc3)C2=O)c1. The highest BCUT2D eigenvalue weighted by Crippen LogP contribution is 2.22. The molecule has 1 N–H and O–H groups in total. The fourth-order valence-electron chi connectivity index (χ4n) is 2.50. The van der Waals surface area contributed by atoms with Gasteiger partial charge in [0.25, 0.3) is 11.8 Å². The van der Waals surface area contributed by atoms with Gasteiger partial charge >= 0.3 is 0 Å². The lowest BCUT2D eigenvalue weighted by atomic mass is 10.1. The van der Waals surface area contributed by atoms with Crippen LogP contribution in [0.5, 0.6) is 5.75 Å². The van der Waals surface area contributed by atoms with Gasteiger partial charge in [-0.3, -0.25) is 19.8 Å². The molecule has 0 bridgehead atoms. The van der Waals surface area contributed by atoms with Gasteiger partial charge in [-0.05, 0) is 55.0 Å². The van der Waals surface area contributed by atoms with Crippen molar-refractivity contribution in [3.8, 4) is 5.75 Å². The fraction of sp³-hybridized carbons (Fsp3) is 0.105. The first-order valence-corrected chi connectivity index (χ1v) is 8.20. The number of nitrogens with one attached hydrogen (secondary N) is 1. The van der Waals surface area contributed by atoms with Crippen LogP contribution in [-0.2, 0) is 9.59 Å². The first-order valence-electron chi connectivity index (χ1n) is 7.79. The number of carbonyl (C=O) groups is 2. The quantitative estimate of drug-likeness (QED) is 0.522. The molecule has 0 aromatic heterocycles. The van der Waals surface area contributed by atoms with Crippen molar-refractivity contribution in [1.29, 1.82) is 0 Å². The van der Waals surface area contributed by atoms with Crippen molar-refractivity contribution in [3.63, 3.8) is 0 Å². The van der Waals surface area contributed by atoms with Crippen LogP contribution in [0.15, 0.2) is 60.2 Å². The van der Waals surface area contributed by atoms with E-state index in [0.29, 0.717) is 23.6 Å². The topological polar surface area (TPSA) is 58.6 Å². The number of benzene rings is 2. The van der Waals surface area contributed by atoms with Crippen LogP contribution in [0, 0.1) is 0 Å². The number of hydrogen-bond donors (Lipinski definition) is 1. The lowest BCUT2D eigenvalue weighted by Crippen LogP contribution is -2.54. The van der Waals surface area contributed by atoms with E-state index in [1.54, 1.807) is 36.4 Å². The number of anilines is 1. The second-order valence-electron chi connectivity index (χ2n) is 5.30. The van der Waals surface area contributed by atoms with Gasteiger partial charge in [-0.25, -0.2) is 0 Å². The number of amides is 2. The third kappa shape index (κ3) is 3.59. The highest BCUT2D eigenvalue weighted by Gasteiger charge is 2.34. The molecule has 0 spiro atoms. The van der Waals surface area contributed by atoms with Gasteiger partial charge in [-0.2, -0.15) is 0 Å². The van der Waals surface area contributed by atoms with Crippen LogP contribution < -0.4 is 15.0 Å². The van der Waals surface area contributed by atoms with E-state index in [9.17, 15) is 9.59 Å². The van der Waals surface area contributed by atoms with Crippen molar-refractivity contribution in [2.75, 3.05) is 11.5 Å². The fourth-order valence-corrected chi connectivity index (χ4v) is 2.78. The molecular weight excluding hydrogens is 336 g/mol. The van der Waals surface area contributed by atoms with Gasteiger partial charge in [0.1, 0.15) is 11.3 Å². The molecule has 6 heteroatoms. The van der Waals surface area contributed by atoms with Crippen LogP contribution in [0.4, 0.5) is 5.69 Å². The Morgan fingerprint density at radius 2 is 1.88 bits per heavy atom. The molecule has 1 heterocycles. The average Bonchev–Trinajstić information content (AvgIpc) is 2.60. The maximum atomic E-state index is 12.8. The highest BCUT2D eigenvalue weighted by atomic mass is 32.1. The highest BCUT2D eigenvalue weighted by molar-refractivity contribution is 7.80. The Bertz CT molecular complexity index is 862. The van der Waals surface area contributed by atoms with Crippen molar-refractivity contribution in [1.82, 2.24) is 5.32 Å². The van der Waals surface area contributed by atoms with Gasteiger partial charge < -0.3 is 4.74 Å². The summed E-state index contributed by atoms with van der Waals surface area (Å²) < 4.78 is 5.45. The van der Waals surface area contributed by atoms with E-state index in [4.69, 9.17) is 17.0 Å². The van der Waals surface area contributed by atoms with Crippen LogP contribution >= 0.6 is 12.2 Å². The minimum Gasteiger partial charge on any atom is -0.494 e. The first-order chi connectivity index (χ1) is 12.1. The van der Waals surface area contributed by atoms with Crippen LogP contribution in [-0.4, -0.2) is 23.5 Å². The molecule has 1 aliphatic heterocycles. The van der Waals surface area contributed by atoms with Crippen molar-refractivity contribution >= 4 is 40.9 Å². The van der Waals surface area contributed by atoms with Gasteiger partial charge in [0.15, 0.2) is 5.11 Å². The monoisotopic (exact) mass is 352 g/mol. The second kappa shape index (κ2) is 7.27. The van der Waals surface area contributed by atoms with Gasteiger partial charge in [-0.15, -0.1) is 0 Å². The van der Waals surface area contributed by atoms with Crippen molar-refractivity contribution < 1.29 is 14.3 Å². The Morgan fingerprint density at radius 3 is 2.60 bits per heavy atom. The summed E-state index contributed by atoms with van der Waals surface area (Å²) >= 11 is 5.16. The zero-order chi connectivity index (χ0) is 17.8. The molecule has 0 saturated carbocycles. The number of thiocarbonyl (C=S) groups is 1. The molecule has 1 fully saturated rings. The van der Waals surface area contributed by atoms with E-state index >= 15 is 0 Å². The summed E-state index contributed by atoms with van der Waals surface area (Å²) in [4.78, 5) is 26.4. The Hall–Kier alpha value is -2.99. The van der Waals surface area contributed by atoms with E-state index in [-0.39, 0.29) is 10.7 Å². The van der Waals surface area contributed by atoms with Crippen LogP contribution in [0.25, 0.3) is 6.08 Å². The molecule has 0 unspecified atom stereocenters. The molecule has 126 valence electrons. The molecule has 0 aliphatic carbocycles. The molecule has 5 nitrogen and oxygen atoms in total. The van der Waals surface area contributed by atoms with Crippen LogP contribution in [0.3, 0.4) is 0 Å². The number of nitrogens with zero attached hydrogens (tertiary/aromatic N) is 1. The van der Waals surface area contributed by atoms with E-state index < -0.39 is 11.8 Å². The summed E-state index contributed by atoms with van der Waals surface area (Å²) in [5, 5.41) is 2.64. The molecule has 25 heavy (non-hydrogen) atoms. The predicted octanol–water partition coefficient (Wildman–Crippen LogP) is 2.92. The molecule has 2 aromatic carbocycles. The van der Waals surface area contributed by atoms with Gasteiger partial charge in [0.2, 0.25) is 0 Å². The number of hydrogen-bond acceptors (Lipinski definition) is 4. The van der Waals surface area contributed by atoms with Crippen molar-refractivity contribution in [2.24, 2.45) is 0 Å². The van der Waals surface area contributed by atoms with Crippen LogP contribution in [0.1, 0.15) is 12.5 Å². The van der Waals surface area contributed by atoms with Crippen molar-refractivity contribution in [3.05, 3.63) is 65.7 Å². The zero-order valence-corrected chi connectivity index (χ0v) is 14.4. The van der Waals surface area contributed by atoms with Crippen molar-refractivity contribution in [2.45, 2.75) is 6.92 Å². The lowest BCUT2D eigenvalue weighted by Gasteiger charge is -2.28. The number of carbonyl (C=O) groups excluding carboxylic acids is 2. The normalized spacial score (nSPS) is 16.1.